The van der Waals surface area contributed by atoms with Crippen LogP contribution in [0.2, 0.25) is 0 Å². The average molecular weight is 383 g/mol. The molecule has 3 amide bonds. The molecule has 1 unspecified atom stereocenters. The van der Waals surface area contributed by atoms with Gasteiger partial charge < -0.3 is 27.4 Å². The summed E-state index contributed by atoms with van der Waals surface area (Å²) in [5, 5.41) is 14.7. The van der Waals surface area contributed by atoms with Crippen LogP contribution in [0, 0.1) is 5.41 Å². The highest BCUT2D eigenvalue weighted by Gasteiger charge is 2.50. The lowest BCUT2D eigenvalue weighted by Gasteiger charge is -2.33. The lowest BCUT2D eigenvalue weighted by molar-refractivity contribution is -0.143. The Labute approximate surface area is 158 Å². The Kier molecular flexibility index (Phi) is 8.16. The summed E-state index contributed by atoms with van der Waals surface area (Å²) in [6.45, 7) is 1.95. The van der Waals surface area contributed by atoms with Gasteiger partial charge in [0.15, 0.2) is 17.3 Å². The summed E-state index contributed by atoms with van der Waals surface area (Å²) >= 11 is 0. The van der Waals surface area contributed by atoms with Gasteiger partial charge in [-0.05, 0) is 46.2 Å². The highest BCUT2D eigenvalue weighted by atomic mass is 16.2. The van der Waals surface area contributed by atoms with Crippen molar-refractivity contribution in [3.63, 3.8) is 0 Å². The van der Waals surface area contributed by atoms with E-state index in [1.54, 1.807) is 11.9 Å². The number of primary amides is 1. The number of amides is 3. The van der Waals surface area contributed by atoms with Crippen molar-refractivity contribution in [3.8, 4) is 0 Å². The second kappa shape index (κ2) is 9.86. The van der Waals surface area contributed by atoms with Gasteiger partial charge in [0.2, 0.25) is 17.7 Å². The van der Waals surface area contributed by atoms with Crippen LogP contribution in [0.5, 0.6) is 0 Å². The molecule has 1 heterocycles. The summed E-state index contributed by atoms with van der Waals surface area (Å²) < 4.78 is 0. The van der Waals surface area contributed by atoms with Gasteiger partial charge in [-0.25, -0.2) is 0 Å². The van der Waals surface area contributed by atoms with Gasteiger partial charge in [-0.3, -0.25) is 29.5 Å². The predicted molar refractivity (Wildman–Crippen MR) is 98.6 cm³/mol. The van der Waals surface area contributed by atoms with Crippen LogP contribution in [-0.4, -0.2) is 72.6 Å². The van der Waals surface area contributed by atoms with Gasteiger partial charge in [-0.1, -0.05) is 0 Å². The molecule has 1 aliphatic heterocycles. The summed E-state index contributed by atoms with van der Waals surface area (Å²) in [7, 11) is 1.70. The zero-order chi connectivity index (χ0) is 20.6. The number of carbonyl (C=O) groups is 4. The molecular formula is C16H29N7O4. The molecule has 0 bridgehead atoms. The maximum atomic E-state index is 12.9. The number of nitrogens with two attached hydrogens (primary N) is 2. The van der Waals surface area contributed by atoms with Crippen LogP contribution in [0.1, 0.15) is 32.6 Å². The Hall–Kier alpha value is -2.69. The quantitative estimate of drug-likeness (QED) is 0.103. The van der Waals surface area contributed by atoms with Crippen molar-refractivity contribution in [1.82, 2.24) is 20.9 Å². The molecule has 11 nitrogen and oxygen atoms in total. The molecule has 1 saturated heterocycles. The first-order valence-corrected chi connectivity index (χ1v) is 8.78. The molecule has 2 atom stereocenters. The Bertz CT molecular complexity index is 610. The lowest BCUT2D eigenvalue weighted by atomic mass is 9.90. The average Bonchev–Trinajstić information content (AvgIpc) is 2.97. The first-order chi connectivity index (χ1) is 12.6. The third-order valence-electron chi connectivity index (χ3n) is 4.69. The molecule has 0 aliphatic carbocycles. The van der Waals surface area contributed by atoms with Crippen LogP contribution >= 0.6 is 0 Å². The second-order valence-electron chi connectivity index (χ2n) is 6.63. The van der Waals surface area contributed by atoms with Crippen LogP contribution in [0.4, 0.5) is 0 Å². The molecule has 152 valence electrons. The van der Waals surface area contributed by atoms with E-state index < -0.39 is 29.3 Å². The van der Waals surface area contributed by atoms with E-state index in [0.717, 1.165) is 0 Å². The fourth-order valence-corrected chi connectivity index (χ4v) is 3.22. The number of carbonyl (C=O) groups excluding carboxylic acids is 4. The van der Waals surface area contributed by atoms with Gasteiger partial charge in [-0.2, -0.15) is 0 Å². The van der Waals surface area contributed by atoms with E-state index in [0.29, 0.717) is 32.4 Å². The number of guanidine groups is 1. The fraction of sp³-hybridized carbons (Fsp3) is 0.688. The summed E-state index contributed by atoms with van der Waals surface area (Å²) in [5.41, 5.74) is 8.95. The van der Waals surface area contributed by atoms with Gasteiger partial charge in [0, 0.05) is 6.54 Å². The molecule has 0 radical (unpaired) electrons. The number of nitrogens with zero attached hydrogens (tertiary/aromatic N) is 1. The van der Waals surface area contributed by atoms with Crippen molar-refractivity contribution in [2.75, 3.05) is 26.7 Å². The number of rotatable bonds is 10. The van der Waals surface area contributed by atoms with Gasteiger partial charge >= 0.3 is 0 Å². The third kappa shape index (κ3) is 5.91. The Morgan fingerprint density at radius 3 is 2.37 bits per heavy atom. The first-order valence-electron chi connectivity index (χ1n) is 8.78. The minimum atomic E-state index is -1.29. The number of hydrogen-bond acceptors (Lipinski definition) is 6. The number of ketones is 1. The summed E-state index contributed by atoms with van der Waals surface area (Å²) in [4.78, 5) is 50.1. The van der Waals surface area contributed by atoms with E-state index in [9.17, 15) is 19.2 Å². The number of likely N-dealkylation sites (N-methyl/N-ethyl adjacent to an activating group) is 1. The van der Waals surface area contributed by atoms with Crippen molar-refractivity contribution in [2.45, 2.75) is 44.2 Å². The molecule has 0 aromatic carbocycles. The van der Waals surface area contributed by atoms with Crippen LogP contribution in [0.25, 0.3) is 0 Å². The lowest BCUT2D eigenvalue weighted by Crippen LogP contribution is -2.62. The zero-order valence-electron chi connectivity index (χ0n) is 15.8. The summed E-state index contributed by atoms with van der Waals surface area (Å²) in [6, 6.07) is -0.948. The minimum absolute atomic E-state index is 0.197. The summed E-state index contributed by atoms with van der Waals surface area (Å²) in [5.74, 6) is -2.29. The van der Waals surface area contributed by atoms with Crippen molar-refractivity contribution >= 4 is 29.5 Å². The van der Waals surface area contributed by atoms with Crippen molar-refractivity contribution < 1.29 is 19.2 Å². The van der Waals surface area contributed by atoms with Gasteiger partial charge in [0.05, 0.1) is 6.54 Å². The van der Waals surface area contributed by atoms with E-state index in [-0.39, 0.29) is 24.7 Å². The van der Waals surface area contributed by atoms with Crippen molar-refractivity contribution in [2.24, 2.45) is 11.5 Å². The van der Waals surface area contributed by atoms with Crippen LogP contribution in [0.15, 0.2) is 0 Å². The molecule has 0 aromatic heterocycles. The molecule has 1 aliphatic rings. The van der Waals surface area contributed by atoms with Gasteiger partial charge in [-0.15, -0.1) is 0 Å². The Morgan fingerprint density at radius 1 is 1.22 bits per heavy atom. The van der Waals surface area contributed by atoms with E-state index in [4.69, 9.17) is 16.9 Å². The van der Waals surface area contributed by atoms with E-state index in [1.165, 1.54) is 6.92 Å². The number of hydrogen-bond donors (Lipinski definition) is 6. The highest BCUT2D eigenvalue weighted by Crippen LogP contribution is 2.29. The first kappa shape index (κ1) is 22.4. The molecule has 11 heteroatoms. The zero-order valence-corrected chi connectivity index (χ0v) is 15.8. The minimum Gasteiger partial charge on any atom is -0.370 e. The molecule has 8 N–H and O–H groups in total. The molecule has 27 heavy (non-hydrogen) atoms. The molecule has 0 aromatic rings. The van der Waals surface area contributed by atoms with Crippen LogP contribution in [0.3, 0.4) is 0 Å². The topological polar surface area (TPSA) is 184 Å². The largest absolute Gasteiger partial charge is 0.370 e. The second-order valence-corrected chi connectivity index (χ2v) is 6.63. The van der Waals surface area contributed by atoms with E-state index in [1.807, 2.05) is 0 Å². The Morgan fingerprint density at radius 2 is 1.89 bits per heavy atom. The van der Waals surface area contributed by atoms with Crippen LogP contribution in [-0.2, 0) is 19.2 Å². The normalized spacial score (nSPS) is 20.5. The molecular weight excluding hydrogens is 354 g/mol. The molecule has 1 rings (SSSR count). The standard InChI is InChI=1S/C16H29N7O4/c1-10(24)16(6-4-8-23(16)2)14(27)22-11(5-3-7-20-15(18)19)13(26)21-9-12(17)25/h11H,3-9H2,1-2H3,(H2,17,25)(H,21,26)(H,22,27)(H4,18,19,20)/t11?,16-/m1/s1. The smallest absolute Gasteiger partial charge is 0.248 e. The molecule has 0 saturated carbocycles. The SMILES string of the molecule is CC(=O)[C@@]1(C(=O)NC(CCCNC(=N)N)C(=O)NCC(N)=O)CCCN1C. The maximum absolute atomic E-state index is 12.9. The maximum Gasteiger partial charge on any atom is 0.248 e. The number of Topliss-reactive ketones (excluding diaryl/α,β-unsaturated/α-hetero) is 1. The summed E-state index contributed by atoms with van der Waals surface area (Å²) in [6.07, 6.45) is 1.74. The highest BCUT2D eigenvalue weighted by molar-refractivity contribution is 6.10. The van der Waals surface area contributed by atoms with Gasteiger partial charge in [0.1, 0.15) is 6.04 Å². The van der Waals surface area contributed by atoms with Crippen LogP contribution < -0.4 is 27.4 Å². The Balaban J connectivity index is 2.85. The third-order valence-corrected chi connectivity index (χ3v) is 4.69. The van der Waals surface area contributed by atoms with E-state index >= 15 is 0 Å². The van der Waals surface area contributed by atoms with E-state index in [2.05, 4.69) is 16.0 Å². The van der Waals surface area contributed by atoms with Gasteiger partial charge in [0.25, 0.3) is 0 Å². The monoisotopic (exact) mass is 383 g/mol. The number of nitrogens with one attached hydrogen (secondary N) is 4. The predicted octanol–water partition coefficient (Wildman–Crippen LogP) is -2.61. The van der Waals surface area contributed by atoms with Crippen molar-refractivity contribution in [1.29, 1.82) is 5.41 Å². The molecule has 1 fully saturated rings. The molecule has 0 spiro atoms. The van der Waals surface area contributed by atoms with Crippen molar-refractivity contribution in [3.05, 3.63) is 0 Å². The number of likely N-dealkylation sites (tertiary alicyclic amines) is 1. The fourth-order valence-electron chi connectivity index (χ4n) is 3.22.